The molecule has 0 atom stereocenters. The summed E-state index contributed by atoms with van der Waals surface area (Å²) >= 11 is 1.43. The molecule has 0 saturated carbocycles. The molecule has 30 heavy (non-hydrogen) atoms. The van der Waals surface area contributed by atoms with Crippen LogP contribution in [0.4, 0.5) is 5.13 Å². The van der Waals surface area contributed by atoms with E-state index in [4.69, 9.17) is 0 Å². The van der Waals surface area contributed by atoms with Crippen molar-refractivity contribution in [2.75, 3.05) is 5.32 Å². The van der Waals surface area contributed by atoms with Gasteiger partial charge in [-0.2, -0.15) is 0 Å². The highest BCUT2D eigenvalue weighted by atomic mass is 32.1. The van der Waals surface area contributed by atoms with Crippen LogP contribution in [0.2, 0.25) is 0 Å². The summed E-state index contributed by atoms with van der Waals surface area (Å²) in [5, 5.41) is 7.64. The van der Waals surface area contributed by atoms with E-state index in [1.807, 2.05) is 66.0 Å². The van der Waals surface area contributed by atoms with Gasteiger partial charge in [0.1, 0.15) is 0 Å². The summed E-state index contributed by atoms with van der Waals surface area (Å²) in [5.41, 5.74) is 4.85. The molecule has 0 aliphatic heterocycles. The number of amides is 1. The molecule has 5 aromatic rings. The fourth-order valence-electron chi connectivity index (χ4n) is 3.43. The molecule has 3 nitrogen and oxygen atoms in total. The summed E-state index contributed by atoms with van der Waals surface area (Å²) < 4.78 is 0. The summed E-state index contributed by atoms with van der Waals surface area (Å²) in [5.74, 6) is -0.152. The van der Waals surface area contributed by atoms with E-state index in [-0.39, 0.29) is 5.91 Å². The first-order valence-corrected chi connectivity index (χ1v) is 10.6. The van der Waals surface area contributed by atoms with Crippen molar-refractivity contribution in [3.05, 3.63) is 108 Å². The van der Waals surface area contributed by atoms with Crippen LogP contribution < -0.4 is 5.32 Å². The lowest BCUT2D eigenvalue weighted by atomic mass is 10.0. The van der Waals surface area contributed by atoms with Gasteiger partial charge >= 0.3 is 0 Å². The number of nitrogens with one attached hydrogen (secondary N) is 1. The Bertz CT molecular complexity index is 1320. The number of nitrogens with zero attached hydrogens (tertiary/aromatic N) is 1. The first kappa shape index (κ1) is 18.3. The van der Waals surface area contributed by atoms with Crippen molar-refractivity contribution in [3.63, 3.8) is 0 Å². The fraction of sp³-hybridized carbons (Fsp3) is 0. The van der Waals surface area contributed by atoms with Crippen molar-refractivity contribution >= 4 is 33.1 Å². The van der Waals surface area contributed by atoms with Crippen molar-refractivity contribution in [1.29, 1.82) is 0 Å². The lowest BCUT2D eigenvalue weighted by Crippen LogP contribution is -2.11. The zero-order valence-electron chi connectivity index (χ0n) is 16.1. The zero-order chi connectivity index (χ0) is 20.3. The van der Waals surface area contributed by atoms with Crippen molar-refractivity contribution in [1.82, 2.24) is 4.98 Å². The third-order valence-corrected chi connectivity index (χ3v) is 5.78. The molecule has 0 aliphatic rings. The lowest BCUT2D eigenvalue weighted by molar-refractivity contribution is 0.102. The molecule has 5 rings (SSSR count). The van der Waals surface area contributed by atoms with Gasteiger partial charge in [0.15, 0.2) is 5.13 Å². The Hall–Kier alpha value is -3.76. The Balaban J connectivity index is 1.33. The topological polar surface area (TPSA) is 42.0 Å². The molecule has 0 bridgehead atoms. The molecule has 1 aromatic heterocycles. The number of hydrogen-bond acceptors (Lipinski definition) is 3. The van der Waals surface area contributed by atoms with Crippen molar-refractivity contribution < 1.29 is 4.79 Å². The highest BCUT2D eigenvalue weighted by Crippen LogP contribution is 2.28. The van der Waals surface area contributed by atoms with Crippen LogP contribution in [-0.2, 0) is 0 Å². The Kier molecular flexibility index (Phi) is 4.83. The number of anilines is 1. The van der Waals surface area contributed by atoms with Crippen LogP contribution in [0.5, 0.6) is 0 Å². The average molecular weight is 407 g/mol. The molecule has 0 spiro atoms. The van der Waals surface area contributed by atoms with E-state index in [0.717, 1.165) is 22.0 Å². The van der Waals surface area contributed by atoms with Crippen molar-refractivity contribution in [3.8, 4) is 22.4 Å². The van der Waals surface area contributed by atoms with Crippen molar-refractivity contribution in [2.45, 2.75) is 0 Å². The van der Waals surface area contributed by atoms with E-state index in [9.17, 15) is 4.79 Å². The summed E-state index contributed by atoms with van der Waals surface area (Å²) in [7, 11) is 0. The third kappa shape index (κ3) is 3.73. The second-order valence-electron chi connectivity index (χ2n) is 7.00. The van der Waals surface area contributed by atoms with Crippen molar-refractivity contribution in [2.24, 2.45) is 0 Å². The maximum atomic E-state index is 12.7. The van der Waals surface area contributed by atoms with E-state index >= 15 is 0 Å². The smallest absolute Gasteiger partial charge is 0.257 e. The standard InChI is InChI=1S/C26H18N2OS/c29-25(23-15-12-19-8-4-5-9-22(19)16-23)28-26-27-24(17-30-26)21-13-10-20(11-14-21)18-6-2-1-3-7-18/h1-17H,(H,27,28,29). The molecule has 0 radical (unpaired) electrons. The van der Waals surface area contributed by atoms with Crippen LogP contribution in [0.25, 0.3) is 33.2 Å². The molecular formula is C26H18N2OS. The molecule has 4 heteroatoms. The van der Waals surface area contributed by atoms with E-state index in [0.29, 0.717) is 10.7 Å². The van der Waals surface area contributed by atoms with Gasteiger partial charge in [-0.25, -0.2) is 4.98 Å². The number of carbonyl (C=O) groups is 1. The molecule has 0 fully saturated rings. The number of thiazole rings is 1. The molecule has 4 aromatic carbocycles. The number of carbonyl (C=O) groups excluding carboxylic acids is 1. The zero-order valence-corrected chi connectivity index (χ0v) is 16.9. The van der Waals surface area contributed by atoms with Crippen LogP contribution in [-0.4, -0.2) is 10.9 Å². The van der Waals surface area contributed by atoms with Gasteiger partial charge in [0.25, 0.3) is 5.91 Å². The SMILES string of the molecule is O=C(Nc1nc(-c2ccc(-c3ccccc3)cc2)cs1)c1ccc2ccccc2c1. The molecular weight excluding hydrogens is 388 g/mol. The van der Waals surface area contributed by atoms with Gasteiger partial charge in [0, 0.05) is 16.5 Å². The molecule has 1 heterocycles. The minimum atomic E-state index is -0.152. The van der Waals surface area contributed by atoms with E-state index in [1.54, 1.807) is 0 Å². The second-order valence-corrected chi connectivity index (χ2v) is 7.86. The average Bonchev–Trinajstić information content (AvgIpc) is 3.28. The monoisotopic (exact) mass is 406 g/mol. The van der Waals surface area contributed by atoms with E-state index in [1.165, 1.54) is 22.5 Å². The Morgan fingerprint density at radius 1 is 0.700 bits per heavy atom. The summed E-state index contributed by atoms with van der Waals surface area (Å²) in [6, 6.07) is 32.3. The van der Waals surface area contributed by atoms with Gasteiger partial charge in [0.2, 0.25) is 0 Å². The summed E-state index contributed by atoms with van der Waals surface area (Å²) in [6.07, 6.45) is 0. The van der Waals surface area contributed by atoms with Crippen LogP contribution in [0.15, 0.2) is 102 Å². The highest BCUT2D eigenvalue weighted by molar-refractivity contribution is 7.14. The third-order valence-electron chi connectivity index (χ3n) is 5.02. The molecule has 144 valence electrons. The van der Waals surface area contributed by atoms with Gasteiger partial charge in [-0.1, -0.05) is 84.9 Å². The van der Waals surface area contributed by atoms with Gasteiger partial charge < -0.3 is 0 Å². The van der Waals surface area contributed by atoms with Gasteiger partial charge in [-0.15, -0.1) is 11.3 Å². The first-order chi connectivity index (χ1) is 14.8. The number of benzene rings is 4. The largest absolute Gasteiger partial charge is 0.298 e. The number of aromatic nitrogens is 1. The predicted octanol–water partition coefficient (Wildman–Crippen LogP) is 6.88. The highest BCUT2D eigenvalue weighted by Gasteiger charge is 2.11. The van der Waals surface area contributed by atoms with Gasteiger partial charge in [-0.3, -0.25) is 10.1 Å². The predicted molar refractivity (Wildman–Crippen MR) is 125 cm³/mol. The lowest BCUT2D eigenvalue weighted by Gasteiger charge is -2.04. The second kappa shape index (κ2) is 7.93. The van der Waals surface area contributed by atoms with Crippen LogP contribution in [0.3, 0.4) is 0 Å². The normalized spacial score (nSPS) is 10.8. The quantitative estimate of drug-likeness (QED) is 0.353. The summed E-state index contributed by atoms with van der Waals surface area (Å²) in [6.45, 7) is 0. The number of rotatable bonds is 4. The molecule has 0 saturated heterocycles. The molecule has 0 unspecified atom stereocenters. The molecule has 1 N–H and O–H groups in total. The van der Waals surface area contributed by atoms with Gasteiger partial charge in [-0.05, 0) is 34.0 Å². The number of fused-ring (bicyclic) bond motifs is 1. The first-order valence-electron chi connectivity index (χ1n) is 9.68. The maximum absolute atomic E-state index is 12.7. The van der Waals surface area contributed by atoms with Crippen LogP contribution in [0.1, 0.15) is 10.4 Å². The Morgan fingerprint density at radius 3 is 2.17 bits per heavy atom. The van der Waals surface area contributed by atoms with Gasteiger partial charge in [0.05, 0.1) is 5.69 Å². The van der Waals surface area contributed by atoms with Crippen LogP contribution >= 0.6 is 11.3 Å². The Labute approximate surface area is 178 Å². The molecule has 1 amide bonds. The number of hydrogen-bond donors (Lipinski definition) is 1. The maximum Gasteiger partial charge on any atom is 0.257 e. The fourth-order valence-corrected chi connectivity index (χ4v) is 4.14. The minimum absolute atomic E-state index is 0.152. The van der Waals surface area contributed by atoms with E-state index in [2.05, 4.69) is 46.7 Å². The van der Waals surface area contributed by atoms with Crippen LogP contribution in [0, 0.1) is 0 Å². The van der Waals surface area contributed by atoms with E-state index < -0.39 is 0 Å². The Morgan fingerprint density at radius 2 is 1.37 bits per heavy atom. The minimum Gasteiger partial charge on any atom is -0.298 e. The summed E-state index contributed by atoms with van der Waals surface area (Å²) in [4.78, 5) is 17.3. The molecule has 0 aliphatic carbocycles.